The van der Waals surface area contributed by atoms with E-state index in [2.05, 4.69) is 15.0 Å². The molecule has 1 saturated heterocycles. The maximum atomic E-state index is 13.0. The molecule has 4 rings (SSSR count). The van der Waals surface area contributed by atoms with Gasteiger partial charge in [0.1, 0.15) is 18.1 Å². The van der Waals surface area contributed by atoms with Crippen molar-refractivity contribution in [3.8, 4) is 11.5 Å². The fourth-order valence-corrected chi connectivity index (χ4v) is 4.11. The van der Waals surface area contributed by atoms with Crippen LogP contribution in [0.5, 0.6) is 11.5 Å². The Balaban J connectivity index is 1.32. The van der Waals surface area contributed by atoms with Crippen molar-refractivity contribution in [1.29, 1.82) is 0 Å². The minimum atomic E-state index is -3.03. The van der Waals surface area contributed by atoms with Crippen LogP contribution in [0.2, 0.25) is 0 Å². The summed E-state index contributed by atoms with van der Waals surface area (Å²) in [5.41, 5.74) is 1.75. The van der Waals surface area contributed by atoms with Crippen LogP contribution >= 0.6 is 0 Å². The summed E-state index contributed by atoms with van der Waals surface area (Å²) in [7, 11) is 0. The molecule has 0 radical (unpaired) electrons. The van der Waals surface area contributed by atoms with Gasteiger partial charge < -0.3 is 19.7 Å². The zero-order valence-electron chi connectivity index (χ0n) is 19.6. The molecule has 2 amide bonds. The van der Waals surface area contributed by atoms with Gasteiger partial charge in [0, 0.05) is 25.8 Å². The molecule has 36 heavy (non-hydrogen) atoms. The zero-order valence-corrected chi connectivity index (χ0v) is 19.6. The third-order valence-corrected chi connectivity index (χ3v) is 5.89. The maximum Gasteiger partial charge on any atom is 0.387 e. The summed E-state index contributed by atoms with van der Waals surface area (Å²) in [5.74, 6) is -0.485. The summed E-state index contributed by atoms with van der Waals surface area (Å²) >= 11 is 0. The number of hydrogen-bond acceptors (Lipinski definition) is 5. The van der Waals surface area contributed by atoms with Gasteiger partial charge >= 0.3 is 6.61 Å². The molecular weight excluding hydrogens is 468 g/mol. The van der Waals surface area contributed by atoms with Gasteiger partial charge in [-0.3, -0.25) is 14.6 Å². The van der Waals surface area contributed by atoms with Gasteiger partial charge in [0.2, 0.25) is 5.91 Å². The molecule has 3 aromatic rings. The topological polar surface area (TPSA) is 80.8 Å². The molecule has 1 atom stereocenters. The molecule has 1 aliphatic heterocycles. The number of carbonyl (C=O) groups excluding carboxylic acids is 2. The molecule has 2 aromatic carbocycles. The van der Waals surface area contributed by atoms with E-state index in [4.69, 9.17) is 4.74 Å². The van der Waals surface area contributed by atoms with Gasteiger partial charge in [-0.25, -0.2) is 0 Å². The van der Waals surface area contributed by atoms with E-state index in [0.29, 0.717) is 38.3 Å². The number of nitrogens with zero attached hydrogens (tertiary/aromatic N) is 2. The number of ether oxygens (including phenoxy) is 2. The van der Waals surface area contributed by atoms with E-state index in [0.717, 1.165) is 11.3 Å². The first kappa shape index (κ1) is 25.1. The standard InChI is InChI=1S/C27H27F2N3O4/c28-27(29)36-24-12-2-1-11-23(24)26(34)32-14-6-8-20(17-32)25(33)31-16-19-7-5-10-22(15-19)35-18-21-9-3-4-13-30-21/h1-5,7,9-13,15,20,27H,6,8,14,16-18H2,(H,31,33). The maximum absolute atomic E-state index is 13.0. The van der Waals surface area contributed by atoms with Crippen molar-refractivity contribution in [2.24, 2.45) is 5.92 Å². The van der Waals surface area contributed by atoms with Gasteiger partial charge in [-0.15, -0.1) is 0 Å². The van der Waals surface area contributed by atoms with E-state index in [1.54, 1.807) is 12.3 Å². The third kappa shape index (κ3) is 6.78. The Morgan fingerprint density at radius 2 is 1.92 bits per heavy atom. The van der Waals surface area contributed by atoms with E-state index in [1.165, 1.54) is 23.1 Å². The molecule has 0 aliphatic carbocycles. The first-order valence-electron chi connectivity index (χ1n) is 11.7. The Morgan fingerprint density at radius 1 is 1.08 bits per heavy atom. The quantitative estimate of drug-likeness (QED) is 0.475. The van der Waals surface area contributed by atoms with E-state index >= 15 is 0 Å². The number of halogens is 2. The van der Waals surface area contributed by atoms with Crippen LogP contribution in [0.1, 0.15) is 34.5 Å². The van der Waals surface area contributed by atoms with E-state index in [-0.39, 0.29) is 23.8 Å². The van der Waals surface area contributed by atoms with Crippen molar-refractivity contribution in [3.05, 3.63) is 89.7 Å². The Bertz CT molecular complexity index is 1180. The number of amides is 2. The van der Waals surface area contributed by atoms with Crippen molar-refractivity contribution in [1.82, 2.24) is 15.2 Å². The van der Waals surface area contributed by atoms with Crippen LogP contribution in [0.15, 0.2) is 72.9 Å². The number of para-hydroxylation sites is 1. The number of nitrogens with one attached hydrogen (secondary N) is 1. The highest BCUT2D eigenvalue weighted by Crippen LogP contribution is 2.25. The van der Waals surface area contributed by atoms with Crippen LogP contribution < -0.4 is 14.8 Å². The first-order chi connectivity index (χ1) is 17.5. The summed E-state index contributed by atoms with van der Waals surface area (Å²) in [6.45, 7) is -1.72. The molecule has 2 heterocycles. The second-order valence-electron chi connectivity index (χ2n) is 8.44. The SMILES string of the molecule is O=C(NCc1cccc(OCc2ccccn2)c1)C1CCCN(C(=O)c2ccccc2OC(F)F)C1. The lowest BCUT2D eigenvalue weighted by Gasteiger charge is -2.32. The number of aromatic nitrogens is 1. The number of likely N-dealkylation sites (tertiary alicyclic amines) is 1. The summed E-state index contributed by atoms with van der Waals surface area (Å²) in [6.07, 6.45) is 2.98. The molecule has 0 bridgehead atoms. The smallest absolute Gasteiger partial charge is 0.387 e. The fraction of sp³-hybridized carbons (Fsp3) is 0.296. The number of hydrogen-bond donors (Lipinski definition) is 1. The second kappa shape index (κ2) is 12.1. The number of carbonyl (C=O) groups is 2. The minimum absolute atomic E-state index is 0.0568. The average Bonchev–Trinajstić information content (AvgIpc) is 2.91. The van der Waals surface area contributed by atoms with Gasteiger partial charge in [0.15, 0.2) is 0 Å². The van der Waals surface area contributed by atoms with Gasteiger partial charge in [0.05, 0.1) is 17.2 Å². The lowest BCUT2D eigenvalue weighted by atomic mass is 9.96. The molecule has 188 valence electrons. The van der Waals surface area contributed by atoms with Gasteiger partial charge in [0.25, 0.3) is 5.91 Å². The first-order valence-corrected chi connectivity index (χ1v) is 11.7. The van der Waals surface area contributed by atoms with Crippen molar-refractivity contribution in [2.75, 3.05) is 13.1 Å². The minimum Gasteiger partial charge on any atom is -0.487 e. The number of piperidine rings is 1. The van der Waals surface area contributed by atoms with Gasteiger partial charge in [-0.2, -0.15) is 8.78 Å². The monoisotopic (exact) mass is 495 g/mol. The van der Waals surface area contributed by atoms with Gasteiger partial charge in [-0.05, 0) is 54.8 Å². The van der Waals surface area contributed by atoms with Gasteiger partial charge in [-0.1, -0.05) is 30.3 Å². The largest absolute Gasteiger partial charge is 0.487 e. The molecule has 1 aromatic heterocycles. The van der Waals surface area contributed by atoms with Crippen LogP contribution in [0.3, 0.4) is 0 Å². The Morgan fingerprint density at radius 3 is 2.72 bits per heavy atom. The van der Waals surface area contributed by atoms with Crippen LogP contribution in [-0.2, 0) is 17.9 Å². The summed E-state index contributed by atoms with van der Waals surface area (Å²) in [6, 6.07) is 19.0. The summed E-state index contributed by atoms with van der Waals surface area (Å²) in [4.78, 5) is 31.6. The second-order valence-corrected chi connectivity index (χ2v) is 8.44. The van der Waals surface area contributed by atoms with Crippen LogP contribution in [0.25, 0.3) is 0 Å². The molecule has 0 spiro atoms. The predicted molar refractivity (Wildman–Crippen MR) is 129 cm³/mol. The highest BCUT2D eigenvalue weighted by molar-refractivity contribution is 5.97. The number of benzene rings is 2. The third-order valence-electron chi connectivity index (χ3n) is 5.89. The van der Waals surface area contributed by atoms with Crippen molar-refractivity contribution < 1.29 is 27.8 Å². The molecule has 1 fully saturated rings. The number of rotatable bonds is 9. The van der Waals surface area contributed by atoms with Crippen LogP contribution in [0, 0.1) is 5.92 Å². The molecule has 0 saturated carbocycles. The van der Waals surface area contributed by atoms with Crippen LogP contribution in [-0.4, -0.2) is 41.4 Å². The molecule has 1 aliphatic rings. The van der Waals surface area contributed by atoms with Crippen molar-refractivity contribution >= 4 is 11.8 Å². The summed E-state index contributed by atoms with van der Waals surface area (Å²) in [5, 5.41) is 2.94. The molecule has 1 N–H and O–H groups in total. The fourth-order valence-electron chi connectivity index (χ4n) is 4.11. The Kier molecular flexibility index (Phi) is 8.44. The van der Waals surface area contributed by atoms with Crippen molar-refractivity contribution in [3.63, 3.8) is 0 Å². The highest BCUT2D eigenvalue weighted by atomic mass is 19.3. The highest BCUT2D eigenvalue weighted by Gasteiger charge is 2.30. The molecule has 1 unspecified atom stereocenters. The Labute approximate surface area is 208 Å². The van der Waals surface area contributed by atoms with E-state index < -0.39 is 18.4 Å². The Hall–Kier alpha value is -4.01. The lowest BCUT2D eigenvalue weighted by molar-refractivity contribution is -0.126. The van der Waals surface area contributed by atoms with Crippen molar-refractivity contribution in [2.45, 2.75) is 32.6 Å². The average molecular weight is 496 g/mol. The lowest BCUT2D eigenvalue weighted by Crippen LogP contribution is -2.45. The molecular formula is C27H27F2N3O4. The normalized spacial score (nSPS) is 15.4. The van der Waals surface area contributed by atoms with E-state index in [1.807, 2.05) is 42.5 Å². The number of alkyl halides is 2. The zero-order chi connectivity index (χ0) is 25.3. The summed E-state index contributed by atoms with van der Waals surface area (Å²) < 4.78 is 35.8. The van der Waals surface area contributed by atoms with Crippen LogP contribution in [0.4, 0.5) is 8.78 Å². The molecule has 9 heteroatoms. The molecule has 7 nitrogen and oxygen atoms in total. The predicted octanol–water partition coefficient (Wildman–Crippen LogP) is 4.43. The van der Waals surface area contributed by atoms with E-state index in [9.17, 15) is 18.4 Å². The number of pyridine rings is 1.